The van der Waals surface area contributed by atoms with E-state index in [0.717, 1.165) is 16.5 Å². The van der Waals surface area contributed by atoms with Crippen LogP contribution in [0.2, 0.25) is 0 Å². The fourth-order valence-corrected chi connectivity index (χ4v) is 1.79. The van der Waals surface area contributed by atoms with Gasteiger partial charge in [-0.25, -0.2) is 4.79 Å². The van der Waals surface area contributed by atoms with Crippen molar-refractivity contribution in [1.82, 2.24) is 4.98 Å². The first-order valence-corrected chi connectivity index (χ1v) is 6.02. The van der Waals surface area contributed by atoms with Crippen LogP contribution in [0.15, 0.2) is 36.5 Å². The number of carbonyl (C=O) groups is 1. The maximum Gasteiger partial charge on any atom is 0.330 e. The topological polar surface area (TPSA) is 48.4 Å². The normalized spacial score (nSPS) is 10.8. The van der Waals surface area contributed by atoms with Crippen molar-refractivity contribution in [2.45, 2.75) is 6.92 Å². The van der Waals surface area contributed by atoms with Crippen molar-refractivity contribution in [2.24, 2.45) is 0 Å². The first-order chi connectivity index (χ1) is 9.24. The smallest absolute Gasteiger partial charge is 0.330 e. The van der Waals surface area contributed by atoms with Gasteiger partial charge in [0.15, 0.2) is 0 Å². The molecule has 0 amide bonds. The van der Waals surface area contributed by atoms with Crippen LogP contribution in [0, 0.1) is 0 Å². The minimum atomic E-state index is -0.354. The molecule has 0 atom stereocenters. The molecule has 2 rings (SSSR count). The standard InChI is InChI=1S/C15H15NO3/c1-3-19-14(17)7-6-11-9-12-5-4-8-16-15(12)13(10-11)18-2/h4-10H,3H2,1-2H3/b7-6+. The molecule has 1 aromatic heterocycles. The Hall–Kier alpha value is -2.36. The molecule has 4 nitrogen and oxygen atoms in total. The van der Waals surface area contributed by atoms with Gasteiger partial charge in [-0.2, -0.15) is 0 Å². The van der Waals surface area contributed by atoms with Crippen LogP contribution in [0.3, 0.4) is 0 Å². The van der Waals surface area contributed by atoms with Crippen LogP contribution in [-0.2, 0) is 9.53 Å². The highest BCUT2D eigenvalue weighted by Gasteiger charge is 2.04. The fourth-order valence-electron chi connectivity index (χ4n) is 1.79. The van der Waals surface area contributed by atoms with Crippen LogP contribution in [-0.4, -0.2) is 24.7 Å². The maximum absolute atomic E-state index is 11.3. The van der Waals surface area contributed by atoms with Crippen molar-refractivity contribution in [3.63, 3.8) is 0 Å². The van der Waals surface area contributed by atoms with E-state index in [1.165, 1.54) is 6.08 Å². The SMILES string of the molecule is CCOC(=O)/C=C/c1cc(OC)c2ncccc2c1. The lowest BCUT2D eigenvalue weighted by Gasteiger charge is -2.06. The molecule has 0 unspecified atom stereocenters. The number of carbonyl (C=O) groups excluding carboxylic acids is 1. The Kier molecular flexibility index (Phi) is 4.13. The van der Waals surface area contributed by atoms with Crippen LogP contribution < -0.4 is 4.74 Å². The molecule has 0 aliphatic carbocycles. The Morgan fingerprint density at radius 2 is 2.26 bits per heavy atom. The van der Waals surface area contributed by atoms with Crippen LogP contribution in [0.5, 0.6) is 5.75 Å². The van der Waals surface area contributed by atoms with Crippen molar-refractivity contribution in [2.75, 3.05) is 13.7 Å². The van der Waals surface area contributed by atoms with E-state index >= 15 is 0 Å². The predicted octanol–water partition coefficient (Wildman–Crippen LogP) is 2.82. The molecule has 0 aliphatic rings. The summed E-state index contributed by atoms with van der Waals surface area (Å²) in [6, 6.07) is 7.60. The first kappa shape index (κ1) is 13.1. The third-order valence-corrected chi connectivity index (χ3v) is 2.61. The van der Waals surface area contributed by atoms with E-state index in [2.05, 4.69) is 4.98 Å². The summed E-state index contributed by atoms with van der Waals surface area (Å²) < 4.78 is 10.1. The largest absolute Gasteiger partial charge is 0.494 e. The number of benzene rings is 1. The monoisotopic (exact) mass is 257 g/mol. The van der Waals surface area contributed by atoms with Gasteiger partial charge in [0.05, 0.1) is 13.7 Å². The molecule has 0 N–H and O–H groups in total. The van der Waals surface area contributed by atoms with E-state index in [1.54, 1.807) is 26.3 Å². The summed E-state index contributed by atoms with van der Waals surface area (Å²) in [4.78, 5) is 15.6. The van der Waals surface area contributed by atoms with Crippen molar-refractivity contribution in [3.05, 3.63) is 42.1 Å². The Morgan fingerprint density at radius 3 is 3.00 bits per heavy atom. The highest BCUT2D eigenvalue weighted by Crippen LogP contribution is 2.25. The second-order valence-corrected chi connectivity index (χ2v) is 3.88. The number of hydrogen-bond donors (Lipinski definition) is 0. The molecule has 0 saturated carbocycles. The lowest BCUT2D eigenvalue weighted by molar-refractivity contribution is -0.137. The summed E-state index contributed by atoms with van der Waals surface area (Å²) in [6.45, 7) is 2.14. The van der Waals surface area contributed by atoms with E-state index in [1.807, 2.05) is 24.3 Å². The summed E-state index contributed by atoms with van der Waals surface area (Å²) in [5.41, 5.74) is 1.67. The van der Waals surface area contributed by atoms with Crippen molar-refractivity contribution < 1.29 is 14.3 Å². The third kappa shape index (κ3) is 3.10. The number of hydrogen-bond acceptors (Lipinski definition) is 4. The zero-order valence-electron chi connectivity index (χ0n) is 10.9. The maximum atomic E-state index is 11.3. The molecule has 4 heteroatoms. The lowest BCUT2D eigenvalue weighted by atomic mass is 10.1. The second kappa shape index (κ2) is 6.00. The molecule has 0 radical (unpaired) electrons. The molecule has 0 aliphatic heterocycles. The quantitative estimate of drug-likeness (QED) is 0.624. The number of esters is 1. The minimum absolute atomic E-state index is 0.354. The van der Waals surface area contributed by atoms with Gasteiger partial charge in [-0.3, -0.25) is 4.98 Å². The Labute approximate surface area is 111 Å². The van der Waals surface area contributed by atoms with Crippen LogP contribution in [0.1, 0.15) is 12.5 Å². The molecule has 2 aromatic rings. The number of pyridine rings is 1. The molecule has 0 bridgehead atoms. The molecule has 0 fully saturated rings. The Morgan fingerprint density at radius 1 is 1.42 bits per heavy atom. The molecule has 98 valence electrons. The van der Waals surface area contributed by atoms with Crippen molar-refractivity contribution in [3.8, 4) is 5.75 Å². The Bertz CT molecular complexity index is 620. The second-order valence-electron chi connectivity index (χ2n) is 3.88. The molecule has 1 aromatic carbocycles. The molecular weight excluding hydrogens is 242 g/mol. The van der Waals surface area contributed by atoms with Gasteiger partial charge in [0.25, 0.3) is 0 Å². The minimum Gasteiger partial charge on any atom is -0.494 e. The fraction of sp³-hybridized carbons (Fsp3) is 0.200. The van der Waals surface area contributed by atoms with Gasteiger partial charge in [-0.05, 0) is 36.8 Å². The van der Waals surface area contributed by atoms with Gasteiger partial charge in [0.2, 0.25) is 0 Å². The number of ether oxygens (including phenoxy) is 2. The zero-order valence-corrected chi connectivity index (χ0v) is 10.9. The van der Waals surface area contributed by atoms with Crippen LogP contribution in [0.4, 0.5) is 0 Å². The van der Waals surface area contributed by atoms with Gasteiger partial charge >= 0.3 is 5.97 Å². The highest BCUT2D eigenvalue weighted by molar-refractivity contribution is 5.90. The molecule has 19 heavy (non-hydrogen) atoms. The number of fused-ring (bicyclic) bond motifs is 1. The lowest BCUT2D eigenvalue weighted by Crippen LogP contribution is -1.98. The van der Waals surface area contributed by atoms with E-state index in [0.29, 0.717) is 12.4 Å². The zero-order chi connectivity index (χ0) is 13.7. The van der Waals surface area contributed by atoms with Gasteiger partial charge < -0.3 is 9.47 Å². The number of nitrogens with zero attached hydrogens (tertiary/aromatic N) is 1. The molecule has 0 spiro atoms. The first-order valence-electron chi connectivity index (χ1n) is 6.02. The molecule has 0 saturated heterocycles. The molecule has 1 heterocycles. The van der Waals surface area contributed by atoms with E-state index in [-0.39, 0.29) is 5.97 Å². The van der Waals surface area contributed by atoms with Gasteiger partial charge in [0, 0.05) is 17.7 Å². The summed E-state index contributed by atoms with van der Waals surface area (Å²) >= 11 is 0. The van der Waals surface area contributed by atoms with Crippen molar-refractivity contribution >= 4 is 22.9 Å². The summed E-state index contributed by atoms with van der Waals surface area (Å²) in [7, 11) is 1.60. The van der Waals surface area contributed by atoms with E-state index in [9.17, 15) is 4.79 Å². The number of aromatic nitrogens is 1. The number of methoxy groups -OCH3 is 1. The highest BCUT2D eigenvalue weighted by atomic mass is 16.5. The van der Waals surface area contributed by atoms with Gasteiger partial charge in [-0.1, -0.05) is 6.07 Å². The third-order valence-electron chi connectivity index (χ3n) is 2.61. The van der Waals surface area contributed by atoms with Crippen LogP contribution >= 0.6 is 0 Å². The summed E-state index contributed by atoms with van der Waals surface area (Å²) in [5, 5.41) is 0.963. The number of rotatable bonds is 4. The predicted molar refractivity (Wildman–Crippen MR) is 74.0 cm³/mol. The summed E-state index contributed by atoms with van der Waals surface area (Å²) in [6.07, 6.45) is 4.83. The Balaban J connectivity index is 2.37. The molecular formula is C15H15NO3. The average Bonchev–Trinajstić information content (AvgIpc) is 2.44. The van der Waals surface area contributed by atoms with Gasteiger partial charge in [0.1, 0.15) is 11.3 Å². The van der Waals surface area contributed by atoms with Gasteiger partial charge in [-0.15, -0.1) is 0 Å². The van der Waals surface area contributed by atoms with Crippen LogP contribution in [0.25, 0.3) is 17.0 Å². The van der Waals surface area contributed by atoms with Crippen molar-refractivity contribution in [1.29, 1.82) is 0 Å². The van der Waals surface area contributed by atoms with E-state index in [4.69, 9.17) is 9.47 Å². The average molecular weight is 257 g/mol. The van der Waals surface area contributed by atoms with E-state index < -0.39 is 0 Å². The summed E-state index contributed by atoms with van der Waals surface area (Å²) in [5.74, 6) is 0.328.